The number of aromatic carboxylic acids is 1. The summed E-state index contributed by atoms with van der Waals surface area (Å²) in [4.78, 5) is 25.4. The van der Waals surface area contributed by atoms with E-state index in [9.17, 15) is 14.7 Å². The number of methoxy groups -OCH3 is 2. The van der Waals surface area contributed by atoms with Crippen molar-refractivity contribution in [2.24, 2.45) is 5.92 Å². The third-order valence-electron chi connectivity index (χ3n) is 5.40. The van der Waals surface area contributed by atoms with Gasteiger partial charge in [0.25, 0.3) is 0 Å². The molecule has 1 unspecified atom stereocenters. The molecule has 0 aliphatic carbocycles. The van der Waals surface area contributed by atoms with Crippen LogP contribution in [0.1, 0.15) is 52.6 Å². The second-order valence-corrected chi connectivity index (χ2v) is 7.44. The predicted octanol–water partition coefficient (Wildman–Crippen LogP) is 3.98. The Labute approximate surface area is 164 Å². The first-order chi connectivity index (χ1) is 13.2. The predicted molar refractivity (Wildman–Crippen MR) is 104 cm³/mol. The Morgan fingerprint density at radius 2 is 1.68 bits per heavy atom. The number of carboxylic acids is 1. The van der Waals surface area contributed by atoms with E-state index in [4.69, 9.17) is 14.2 Å². The Bertz CT molecular complexity index is 930. The van der Waals surface area contributed by atoms with Crippen molar-refractivity contribution in [1.82, 2.24) is 0 Å². The number of carboxylic acid groups (broad SMARTS) is 1. The van der Waals surface area contributed by atoms with E-state index >= 15 is 0 Å². The van der Waals surface area contributed by atoms with Gasteiger partial charge in [-0.05, 0) is 26.2 Å². The summed E-state index contributed by atoms with van der Waals surface area (Å²) in [5.41, 5.74) is 0.366. The van der Waals surface area contributed by atoms with E-state index in [0.717, 1.165) is 0 Å². The number of ether oxygens (including phenoxy) is 3. The first-order valence-corrected chi connectivity index (χ1v) is 9.05. The fourth-order valence-electron chi connectivity index (χ4n) is 3.51. The highest BCUT2D eigenvalue weighted by molar-refractivity contribution is 6.15. The van der Waals surface area contributed by atoms with Crippen LogP contribution in [-0.2, 0) is 6.42 Å². The van der Waals surface area contributed by atoms with Gasteiger partial charge in [-0.15, -0.1) is 0 Å². The molecular formula is C22H24O6. The SMILES string of the molecule is COc1c2c(c(C(=O)O)c(OC)c1C(=O)c1ccccc1)OC(C)(C)C(C)C2. The van der Waals surface area contributed by atoms with E-state index in [1.165, 1.54) is 14.2 Å². The zero-order valence-corrected chi connectivity index (χ0v) is 16.7. The van der Waals surface area contributed by atoms with E-state index in [2.05, 4.69) is 0 Å². The van der Waals surface area contributed by atoms with Crippen LogP contribution in [0.2, 0.25) is 0 Å². The lowest BCUT2D eigenvalue weighted by atomic mass is 9.81. The van der Waals surface area contributed by atoms with Crippen LogP contribution >= 0.6 is 0 Å². The molecule has 0 spiro atoms. The maximum absolute atomic E-state index is 13.3. The standard InChI is InChI=1S/C22H24O6/c1-12-11-14-18(26-4)15(17(23)13-9-7-6-8-10-13)20(27-5)16(21(24)25)19(14)28-22(12,2)3/h6-10,12H,11H2,1-5H3,(H,24,25). The minimum atomic E-state index is -1.22. The molecule has 0 bridgehead atoms. The fraction of sp³-hybridized carbons (Fsp3) is 0.364. The van der Waals surface area contributed by atoms with Gasteiger partial charge in [-0.1, -0.05) is 37.3 Å². The summed E-state index contributed by atoms with van der Waals surface area (Å²) in [6.07, 6.45) is 0.519. The van der Waals surface area contributed by atoms with Gasteiger partial charge in [0.1, 0.15) is 28.2 Å². The highest BCUT2D eigenvalue weighted by atomic mass is 16.5. The molecule has 3 rings (SSSR count). The molecule has 6 nitrogen and oxygen atoms in total. The molecule has 0 saturated heterocycles. The van der Waals surface area contributed by atoms with Crippen LogP contribution in [0.25, 0.3) is 0 Å². The largest absolute Gasteiger partial charge is 0.495 e. The van der Waals surface area contributed by atoms with Gasteiger partial charge in [-0.3, -0.25) is 4.79 Å². The first kappa shape index (κ1) is 19.7. The van der Waals surface area contributed by atoms with E-state index in [-0.39, 0.29) is 34.3 Å². The smallest absolute Gasteiger partial charge is 0.343 e. The minimum Gasteiger partial charge on any atom is -0.495 e. The van der Waals surface area contributed by atoms with Gasteiger partial charge < -0.3 is 19.3 Å². The Morgan fingerprint density at radius 3 is 2.21 bits per heavy atom. The van der Waals surface area contributed by atoms with Crippen LogP contribution in [-0.4, -0.2) is 36.7 Å². The molecule has 1 aliphatic heterocycles. The number of carbonyl (C=O) groups excluding carboxylic acids is 1. The molecule has 1 N–H and O–H groups in total. The summed E-state index contributed by atoms with van der Waals surface area (Å²) in [7, 11) is 2.80. The van der Waals surface area contributed by atoms with Crippen molar-refractivity contribution >= 4 is 11.8 Å². The van der Waals surface area contributed by atoms with Crippen LogP contribution in [0.15, 0.2) is 30.3 Å². The van der Waals surface area contributed by atoms with Gasteiger partial charge in [0, 0.05) is 11.1 Å². The average Bonchev–Trinajstić information content (AvgIpc) is 2.67. The number of benzene rings is 2. The number of hydrogen-bond donors (Lipinski definition) is 1. The highest BCUT2D eigenvalue weighted by Gasteiger charge is 2.42. The third-order valence-corrected chi connectivity index (χ3v) is 5.40. The van der Waals surface area contributed by atoms with Gasteiger partial charge in [0.15, 0.2) is 5.75 Å². The van der Waals surface area contributed by atoms with Crippen molar-refractivity contribution < 1.29 is 28.9 Å². The molecule has 2 aromatic rings. The summed E-state index contributed by atoms with van der Waals surface area (Å²) in [5, 5.41) is 9.92. The zero-order valence-electron chi connectivity index (χ0n) is 16.7. The molecule has 148 valence electrons. The number of rotatable bonds is 5. The lowest BCUT2D eigenvalue weighted by Gasteiger charge is -2.40. The molecule has 1 atom stereocenters. The van der Waals surface area contributed by atoms with Crippen LogP contribution in [0.3, 0.4) is 0 Å². The topological polar surface area (TPSA) is 82.1 Å². The second-order valence-electron chi connectivity index (χ2n) is 7.44. The van der Waals surface area contributed by atoms with Gasteiger partial charge in [0.05, 0.1) is 14.2 Å². The monoisotopic (exact) mass is 384 g/mol. The maximum Gasteiger partial charge on any atom is 0.343 e. The van der Waals surface area contributed by atoms with Crippen molar-refractivity contribution in [2.45, 2.75) is 32.8 Å². The van der Waals surface area contributed by atoms with Gasteiger partial charge in [-0.2, -0.15) is 0 Å². The Kier molecular flexibility index (Phi) is 5.06. The molecule has 28 heavy (non-hydrogen) atoms. The van der Waals surface area contributed by atoms with Crippen molar-refractivity contribution in [2.75, 3.05) is 14.2 Å². The molecule has 0 aromatic heterocycles. The Morgan fingerprint density at radius 1 is 1.07 bits per heavy atom. The summed E-state index contributed by atoms with van der Waals surface area (Å²) >= 11 is 0. The Balaban J connectivity index is 2.38. The number of ketones is 1. The summed E-state index contributed by atoms with van der Waals surface area (Å²) in [6.45, 7) is 5.84. The molecule has 1 aliphatic rings. The third kappa shape index (κ3) is 3.09. The van der Waals surface area contributed by atoms with E-state index in [1.54, 1.807) is 30.3 Å². The van der Waals surface area contributed by atoms with Crippen molar-refractivity contribution in [3.63, 3.8) is 0 Å². The summed E-state index contributed by atoms with van der Waals surface area (Å²) in [6, 6.07) is 8.64. The molecule has 0 fully saturated rings. The van der Waals surface area contributed by atoms with Crippen molar-refractivity contribution in [3.05, 3.63) is 52.6 Å². The Hall–Kier alpha value is -3.02. The molecule has 6 heteroatoms. The molecular weight excluding hydrogens is 360 g/mol. The quantitative estimate of drug-likeness (QED) is 0.785. The van der Waals surface area contributed by atoms with Crippen molar-refractivity contribution in [1.29, 1.82) is 0 Å². The minimum absolute atomic E-state index is 0.0534. The lowest BCUT2D eigenvalue weighted by Crippen LogP contribution is -2.41. The normalized spacial score (nSPS) is 17.2. The van der Waals surface area contributed by atoms with Crippen LogP contribution in [0, 0.1) is 5.92 Å². The maximum atomic E-state index is 13.3. The number of fused-ring (bicyclic) bond motifs is 1. The summed E-state index contributed by atoms with van der Waals surface area (Å²) < 4.78 is 17.1. The van der Waals surface area contributed by atoms with E-state index < -0.39 is 11.6 Å². The fourth-order valence-corrected chi connectivity index (χ4v) is 3.51. The summed E-state index contributed by atoms with van der Waals surface area (Å²) in [5.74, 6) is -1.05. The zero-order chi connectivity index (χ0) is 20.6. The average molecular weight is 384 g/mol. The molecule has 0 saturated carbocycles. The van der Waals surface area contributed by atoms with Gasteiger partial charge in [0.2, 0.25) is 5.78 Å². The number of hydrogen-bond acceptors (Lipinski definition) is 5. The van der Waals surface area contributed by atoms with Gasteiger partial charge >= 0.3 is 5.97 Å². The number of carbonyl (C=O) groups is 2. The molecule has 2 aromatic carbocycles. The van der Waals surface area contributed by atoms with Gasteiger partial charge in [-0.25, -0.2) is 4.79 Å². The van der Waals surface area contributed by atoms with E-state index in [1.807, 2.05) is 20.8 Å². The highest BCUT2D eigenvalue weighted by Crippen LogP contribution is 2.50. The van der Waals surface area contributed by atoms with E-state index in [0.29, 0.717) is 23.3 Å². The molecule has 1 heterocycles. The van der Waals surface area contributed by atoms with Crippen LogP contribution < -0.4 is 14.2 Å². The van der Waals surface area contributed by atoms with Crippen LogP contribution in [0.4, 0.5) is 0 Å². The van der Waals surface area contributed by atoms with Crippen molar-refractivity contribution in [3.8, 4) is 17.2 Å². The van der Waals surface area contributed by atoms with Crippen LogP contribution in [0.5, 0.6) is 17.2 Å². The molecule has 0 amide bonds. The first-order valence-electron chi connectivity index (χ1n) is 9.05. The second kappa shape index (κ2) is 7.19. The lowest BCUT2D eigenvalue weighted by molar-refractivity contribution is 0.0314. The molecule has 0 radical (unpaired) electrons.